The lowest BCUT2D eigenvalue weighted by Crippen LogP contribution is -2.47. The number of carbonyl (C=O) groups excluding carboxylic acids is 1. The van der Waals surface area contributed by atoms with Crippen molar-refractivity contribution in [1.29, 1.82) is 0 Å². The van der Waals surface area contributed by atoms with Crippen LogP contribution in [0.4, 0.5) is 0 Å². The van der Waals surface area contributed by atoms with Crippen molar-refractivity contribution in [1.82, 2.24) is 14.0 Å². The molecule has 8 nitrogen and oxygen atoms in total. The van der Waals surface area contributed by atoms with E-state index in [0.29, 0.717) is 36.0 Å². The Morgan fingerprint density at radius 3 is 2.51 bits per heavy atom. The molecule has 1 amide bonds. The molecule has 2 fully saturated rings. The molecular weight excluding hydrogens is 518 g/mol. The van der Waals surface area contributed by atoms with E-state index in [4.69, 9.17) is 16.3 Å². The van der Waals surface area contributed by atoms with Crippen LogP contribution >= 0.6 is 11.6 Å². The number of imidazole rings is 1. The van der Waals surface area contributed by atoms with E-state index in [1.807, 2.05) is 48.2 Å². The summed E-state index contributed by atoms with van der Waals surface area (Å²) >= 11 is 6.37. The summed E-state index contributed by atoms with van der Waals surface area (Å²) in [6.45, 7) is 3.66. The fourth-order valence-corrected chi connectivity index (χ4v) is 5.84. The highest BCUT2D eigenvalue weighted by molar-refractivity contribution is 6.31. The van der Waals surface area contributed by atoms with Crippen LogP contribution < -0.4 is 5.69 Å². The van der Waals surface area contributed by atoms with Crippen LogP contribution in [0.1, 0.15) is 41.3 Å². The fraction of sp³-hybridized carbons (Fsp3) is 0.300. The zero-order valence-electron chi connectivity index (χ0n) is 21.5. The molecule has 200 valence electrons. The summed E-state index contributed by atoms with van der Waals surface area (Å²) in [5.74, 6) is -0.950. The van der Waals surface area contributed by atoms with Crippen LogP contribution in [0.15, 0.2) is 71.5 Å². The molecule has 39 heavy (non-hydrogen) atoms. The molecule has 0 bridgehead atoms. The van der Waals surface area contributed by atoms with Crippen molar-refractivity contribution in [2.75, 3.05) is 19.8 Å². The first-order valence-corrected chi connectivity index (χ1v) is 13.4. The third-order valence-corrected chi connectivity index (χ3v) is 8.07. The molecule has 0 spiro atoms. The van der Waals surface area contributed by atoms with Gasteiger partial charge in [0.2, 0.25) is 5.91 Å². The summed E-state index contributed by atoms with van der Waals surface area (Å²) in [5.41, 5.74) is 3.05. The van der Waals surface area contributed by atoms with E-state index in [-0.39, 0.29) is 29.6 Å². The quantitative estimate of drug-likeness (QED) is 0.386. The minimum atomic E-state index is -1.00. The lowest BCUT2D eigenvalue weighted by Gasteiger charge is -2.33. The minimum absolute atomic E-state index is 0.0471. The molecule has 2 heterocycles. The highest BCUT2D eigenvalue weighted by Gasteiger charge is 2.49. The summed E-state index contributed by atoms with van der Waals surface area (Å²) in [7, 11) is 0. The van der Waals surface area contributed by atoms with E-state index in [9.17, 15) is 19.5 Å². The normalized spacial score (nSPS) is 18.3. The average molecular weight is 546 g/mol. The number of nitrogens with zero attached hydrogens (tertiary/aromatic N) is 3. The smallest absolute Gasteiger partial charge is 0.335 e. The molecule has 1 saturated heterocycles. The average Bonchev–Trinajstić information content (AvgIpc) is 3.67. The third kappa shape index (κ3) is 4.43. The van der Waals surface area contributed by atoms with Crippen LogP contribution in [-0.2, 0) is 21.5 Å². The molecule has 1 N–H and O–H groups in total. The van der Waals surface area contributed by atoms with Crippen LogP contribution in [-0.4, -0.2) is 56.8 Å². The SMILES string of the molecule is C[C@@H]1COCCN1C(=O)Cc1ccc(-n2c(=O)n(C3(c4cccc(C(=O)O)c4)CC3)c3ccc(Cl)cc32)cc1. The summed E-state index contributed by atoms with van der Waals surface area (Å²) in [6.07, 6.45) is 1.72. The van der Waals surface area contributed by atoms with E-state index in [1.165, 1.54) is 0 Å². The maximum Gasteiger partial charge on any atom is 0.335 e. The van der Waals surface area contributed by atoms with E-state index < -0.39 is 11.5 Å². The number of hydrogen-bond donors (Lipinski definition) is 1. The molecular formula is C30H28ClN3O5. The number of fused-ring (bicyclic) bond motifs is 1. The van der Waals surface area contributed by atoms with Crippen LogP contribution in [0.2, 0.25) is 5.02 Å². The largest absolute Gasteiger partial charge is 0.478 e. The Morgan fingerprint density at radius 1 is 1.05 bits per heavy atom. The van der Waals surface area contributed by atoms with Gasteiger partial charge in [-0.1, -0.05) is 35.9 Å². The van der Waals surface area contributed by atoms with Gasteiger partial charge >= 0.3 is 11.7 Å². The van der Waals surface area contributed by atoms with Crippen molar-refractivity contribution in [3.05, 3.63) is 98.9 Å². The molecule has 1 aliphatic carbocycles. The van der Waals surface area contributed by atoms with Crippen molar-refractivity contribution < 1.29 is 19.4 Å². The van der Waals surface area contributed by atoms with Gasteiger partial charge in [0.25, 0.3) is 0 Å². The summed E-state index contributed by atoms with van der Waals surface area (Å²) in [6, 6.07) is 19.7. The van der Waals surface area contributed by atoms with E-state index >= 15 is 0 Å². The molecule has 0 radical (unpaired) electrons. The van der Waals surface area contributed by atoms with Crippen molar-refractivity contribution in [2.24, 2.45) is 0 Å². The number of carboxylic acids is 1. The van der Waals surface area contributed by atoms with Crippen molar-refractivity contribution in [2.45, 2.75) is 37.8 Å². The molecule has 4 aromatic rings. The predicted octanol–water partition coefficient (Wildman–Crippen LogP) is 4.47. The highest BCUT2D eigenvalue weighted by Crippen LogP contribution is 2.50. The van der Waals surface area contributed by atoms with Gasteiger partial charge in [-0.15, -0.1) is 0 Å². The van der Waals surface area contributed by atoms with Gasteiger partial charge in [-0.25, -0.2) is 9.59 Å². The molecule has 0 unspecified atom stereocenters. The highest BCUT2D eigenvalue weighted by atomic mass is 35.5. The summed E-state index contributed by atoms with van der Waals surface area (Å²) in [5, 5.41) is 10.0. The number of morpholine rings is 1. The van der Waals surface area contributed by atoms with Crippen LogP contribution in [0.25, 0.3) is 16.7 Å². The second-order valence-corrected chi connectivity index (χ2v) is 10.8. The van der Waals surface area contributed by atoms with Gasteiger partial charge in [-0.05, 0) is 73.4 Å². The van der Waals surface area contributed by atoms with E-state index in [1.54, 1.807) is 39.5 Å². The number of aromatic carboxylic acids is 1. The van der Waals surface area contributed by atoms with Gasteiger partial charge in [0.1, 0.15) is 0 Å². The number of carboxylic acid groups (broad SMARTS) is 1. The van der Waals surface area contributed by atoms with Gasteiger partial charge in [-0.2, -0.15) is 0 Å². The van der Waals surface area contributed by atoms with Gasteiger partial charge in [0.15, 0.2) is 0 Å². The minimum Gasteiger partial charge on any atom is -0.478 e. The second-order valence-electron chi connectivity index (χ2n) is 10.4. The Bertz CT molecular complexity index is 1650. The Kier molecular flexibility index (Phi) is 6.32. The standard InChI is InChI=1S/C30H28ClN3O5/c1-19-18-39-14-13-32(19)27(35)15-20-5-8-24(9-6-20)33-26-17-23(31)7-10-25(26)34(29(33)38)30(11-12-30)22-4-2-3-21(16-22)28(36)37/h2-10,16-17,19H,11-15,18H2,1H3,(H,36,37)/t19-/m1/s1. The monoisotopic (exact) mass is 545 g/mol. The Labute approximate surface area is 230 Å². The zero-order chi connectivity index (χ0) is 27.3. The Balaban J connectivity index is 1.39. The summed E-state index contributed by atoms with van der Waals surface area (Å²) in [4.78, 5) is 40.4. The van der Waals surface area contributed by atoms with Crippen molar-refractivity contribution in [3.8, 4) is 5.69 Å². The molecule has 1 aromatic heterocycles. The van der Waals surface area contributed by atoms with E-state index in [0.717, 1.165) is 29.5 Å². The lowest BCUT2D eigenvalue weighted by molar-refractivity contribution is -0.138. The van der Waals surface area contributed by atoms with E-state index in [2.05, 4.69) is 0 Å². The number of aromatic nitrogens is 2. The maximum absolute atomic E-state index is 14.1. The molecule has 3 aromatic carbocycles. The number of amides is 1. The number of rotatable bonds is 6. The van der Waals surface area contributed by atoms with Crippen LogP contribution in [0, 0.1) is 0 Å². The maximum atomic E-state index is 14.1. The van der Waals surface area contributed by atoms with Gasteiger partial charge in [0, 0.05) is 11.6 Å². The van der Waals surface area contributed by atoms with Crippen molar-refractivity contribution >= 4 is 34.5 Å². The Morgan fingerprint density at radius 2 is 1.82 bits per heavy atom. The topological polar surface area (TPSA) is 93.8 Å². The number of halogens is 1. The zero-order valence-corrected chi connectivity index (χ0v) is 22.2. The molecule has 9 heteroatoms. The van der Waals surface area contributed by atoms with Gasteiger partial charge < -0.3 is 14.7 Å². The lowest BCUT2D eigenvalue weighted by atomic mass is 10.0. The Hall–Kier alpha value is -3.88. The van der Waals surface area contributed by atoms with Crippen LogP contribution in [0.3, 0.4) is 0 Å². The molecule has 6 rings (SSSR count). The second kappa shape index (κ2) is 9.70. The number of benzene rings is 3. The number of carbonyl (C=O) groups is 2. The van der Waals surface area contributed by atoms with Crippen LogP contribution in [0.5, 0.6) is 0 Å². The first-order valence-electron chi connectivity index (χ1n) is 13.0. The summed E-state index contributed by atoms with van der Waals surface area (Å²) < 4.78 is 8.85. The number of hydrogen-bond acceptors (Lipinski definition) is 4. The fourth-order valence-electron chi connectivity index (χ4n) is 5.67. The number of ether oxygens (including phenoxy) is 1. The first kappa shape index (κ1) is 25.4. The molecule has 1 saturated carbocycles. The predicted molar refractivity (Wildman–Crippen MR) is 148 cm³/mol. The molecule has 1 aliphatic heterocycles. The molecule has 2 aliphatic rings. The first-order chi connectivity index (χ1) is 18.8. The van der Waals surface area contributed by atoms with Gasteiger partial charge in [0.05, 0.1) is 53.5 Å². The van der Waals surface area contributed by atoms with Crippen molar-refractivity contribution in [3.63, 3.8) is 0 Å². The third-order valence-electron chi connectivity index (χ3n) is 7.84. The van der Waals surface area contributed by atoms with Gasteiger partial charge in [-0.3, -0.25) is 13.9 Å². The molecule has 1 atom stereocenters.